The number of carbonyl (C=O) groups excluding carboxylic acids is 2. The molecule has 0 radical (unpaired) electrons. The number of nitro groups is 1. The zero-order chi connectivity index (χ0) is 20.4. The minimum absolute atomic E-state index is 0.0406. The van der Waals surface area contributed by atoms with Gasteiger partial charge in [-0.25, -0.2) is 0 Å². The maximum atomic E-state index is 12.7. The van der Waals surface area contributed by atoms with E-state index >= 15 is 0 Å². The zero-order valence-electron chi connectivity index (χ0n) is 15.3. The van der Waals surface area contributed by atoms with Gasteiger partial charge in [-0.1, -0.05) is 30.3 Å². The lowest BCUT2D eigenvalue weighted by atomic mass is 10.1. The summed E-state index contributed by atoms with van der Waals surface area (Å²) in [6.07, 6.45) is 0.582. The standard InChI is InChI=1S/C22H16N2O5/c25-21-19-11-10-18(29-17-8-6-16(7-9-17)24(27)28)14-20(19)22(26)23(21)13-12-15-4-2-1-3-5-15/h1-11,14H,12-13H2. The molecule has 0 atom stereocenters. The van der Waals surface area contributed by atoms with Crippen LogP contribution < -0.4 is 4.74 Å². The summed E-state index contributed by atoms with van der Waals surface area (Å²) in [4.78, 5) is 36.8. The van der Waals surface area contributed by atoms with Crippen molar-refractivity contribution in [3.05, 3.63) is 99.6 Å². The predicted octanol–water partition coefficient (Wildman–Crippen LogP) is 4.23. The number of hydrogen-bond donors (Lipinski definition) is 0. The van der Waals surface area contributed by atoms with Crippen LogP contribution >= 0.6 is 0 Å². The molecular weight excluding hydrogens is 372 g/mol. The molecule has 3 aromatic carbocycles. The van der Waals surface area contributed by atoms with E-state index in [2.05, 4.69) is 0 Å². The van der Waals surface area contributed by atoms with Gasteiger partial charge in [0.2, 0.25) is 0 Å². The molecule has 7 heteroatoms. The molecule has 29 heavy (non-hydrogen) atoms. The first-order valence-electron chi connectivity index (χ1n) is 8.99. The molecule has 0 bridgehead atoms. The molecule has 3 aromatic rings. The number of carbonyl (C=O) groups is 2. The Morgan fingerprint density at radius 3 is 2.17 bits per heavy atom. The third-order valence-corrected chi connectivity index (χ3v) is 4.69. The number of rotatable bonds is 6. The van der Waals surface area contributed by atoms with Crippen LogP contribution in [0.2, 0.25) is 0 Å². The number of fused-ring (bicyclic) bond motifs is 1. The summed E-state index contributed by atoms with van der Waals surface area (Å²) in [7, 11) is 0. The molecule has 0 aromatic heterocycles. The van der Waals surface area contributed by atoms with Gasteiger partial charge in [0, 0.05) is 18.7 Å². The maximum Gasteiger partial charge on any atom is 0.269 e. The largest absolute Gasteiger partial charge is 0.457 e. The number of hydrogen-bond acceptors (Lipinski definition) is 5. The van der Waals surface area contributed by atoms with Gasteiger partial charge in [0.05, 0.1) is 16.1 Å². The van der Waals surface area contributed by atoms with E-state index in [9.17, 15) is 19.7 Å². The lowest BCUT2D eigenvalue weighted by Crippen LogP contribution is -2.31. The van der Waals surface area contributed by atoms with Crippen molar-refractivity contribution in [2.24, 2.45) is 0 Å². The molecule has 0 N–H and O–H groups in total. The SMILES string of the molecule is O=C1c2ccc(Oc3ccc([N+](=O)[O-])cc3)cc2C(=O)N1CCc1ccccc1. The molecule has 0 spiro atoms. The molecule has 0 unspecified atom stereocenters. The quantitative estimate of drug-likeness (QED) is 0.358. The second kappa shape index (κ2) is 7.55. The average Bonchev–Trinajstić information content (AvgIpc) is 2.97. The molecule has 0 saturated heterocycles. The Labute approximate surface area is 166 Å². The van der Waals surface area contributed by atoms with E-state index in [1.807, 2.05) is 30.3 Å². The van der Waals surface area contributed by atoms with Crippen LogP contribution in [0.1, 0.15) is 26.3 Å². The molecule has 144 valence electrons. The van der Waals surface area contributed by atoms with Crippen LogP contribution in [-0.4, -0.2) is 28.2 Å². The fourth-order valence-electron chi connectivity index (χ4n) is 3.19. The van der Waals surface area contributed by atoms with Gasteiger partial charge >= 0.3 is 0 Å². The topological polar surface area (TPSA) is 89.7 Å². The van der Waals surface area contributed by atoms with Crippen molar-refractivity contribution in [3.63, 3.8) is 0 Å². The van der Waals surface area contributed by atoms with Crippen LogP contribution in [0.3, 0.4) is 0 Å². The minimum atomic E-state index is -0.493. The Kier molecular flexibility index (Phi) is 4.78. The van der Waals surface area contributed by atoms with Gasteiger partial charge < -0.3 is 4.74 Å². The number of nitrogens with zero attached hydrogens (tertiary/aromatic N) is 2. The molecular formula is C22H16N2O5. The molecule has 1 aliphatic rings. The van der Waals surface area contributed by atoms with Crippen molar-refractivity contribution in [1.82, 2.24) is 4.90 Å². The first-order valence-corrected chi connectivity index (χ1v) is 8.99. The Morgan fingerprint density at radius 2 is 1.48 bits per heavy atom. The minimum Gasteiger partial charge on any atom is -0.457 e. The second-order valence-electron chi connectivity index (χ2n) is 6.56. The fraction of sp³-hybridized carbons (Fsp3) is 0.0909. The molecule has 0 aliphatic carbocycles. The summed E-state index contributed by atoms with van der Waals surface area (Å²) in [6, 6.07) is 20.0. The predicted molar refractivity (Wildman–Crippen MR) is 105 cm³/mol. The first-order chi connectivity index (χ1) is 14.0. The van der Waals surface area contributed by atoms with Crippen LogP contribution in [0.25, 0.3) is 0 Å². The fourth-order valence-corrected chi connectivity index (χ4v) is 3.19. The van der Waals surface area contributed by atoms with Crippen molar-refractivity contribution >= 4 is 17.5 Å². The highest BCUT2D eigenvalue weighted by Crippen LogP contribution is 2.30. The molecule has 4 rings (SSSR count). The van der Waals surface area contributed by atoms with Crippen LogP contribution in [-0.2, 0) is 6.42 Å². The van der Waals surface area contributed by atoms with Crippen LogP contribution in [0.5, 0.6) is 11.5 Å². The third kappa shape index (κ3) is 3.70. The Bertz CT molecular complexity index is 1090. The van der Waals surface area contributed by atoms with Crippen molar-refractivity contribution in [2.75, 3.05) is 6.54 Å². The summed E-state index contributed by atoms with van der Waals surface area (Å²) in [6.45, 7) is 0.300. The number of amides is 2. The smallest absolute Gasteiger partial charge is 0.269 e. The number of non-ortho nitro benzene ring substituents is 1. The van der Waals surface area contributed by atoms with E-state index in [0.717, 1.165) is 5.56 Å². The summed E-state index contributed by atoms with van der Waals surface area (Å²) in [5, 5.41) is 10.7. The van der Waals surface area contributed by atoms with Gasteiger partial charge in [0.25, 0.3) is 17.5 Å². The maximum absolute atomic E-state index is 12.7. The highest BCUT2D eigenvalue weighted by Gasteiger charge is 2.35. The molecule has 0 saturated carbocycles. The normalized spacial score (nSPS) is 12.8. The van der Waals surface area contributed by atoms with Crippen molar-refractivity contribution in [2.45, 2.75) is 6.42 Å². The van der Waals surface area contributed by atoms with E-state index in [0.29, 0.717) is 35.6 Å². The lowest BCUT2D eigenvalue weighted by molar-refractivity contribution is -0.384. The Morgan fingerprint density at radius 1 is 0.828 bits per heavy atom. The highest BCUT2D eigenvalue weighted by molar-refractivity contribution is 6.21. The number of nitro benzene ring substituents is 1. The van der Waals surface area contributed by atoms with Crippen LogP contribution in [0.4, 0.5) is 5.69 Å². The van der Waals surface area contributed by atoms with E-state index in [-0.39, 0.29) is 17.5 Å². The summed E-state index contributed by atoms with van der Waals surface area (Å²) in [5.74, 6) is 0.106. The Balaban J connectivity index is 1.49. The summed E-state index contributed by atoms with van der Waals surface area (Å²) in [5.41, 5.74) is 1.65. The van der Waals surface area contributed by atoms with E-state index < -0.39 is 4.92 Å². The Hall–Kier alpha value is -4.00. The summed E-state index contributed by atoms with van der Waals surface area (Å²) >= 11 is 0. The molecule has 7 nitrogen and oxygen atoms in total. The lowest BCUT2D eigenvalue weighted by Gasteiger charge is -2.13. The first kappa shape index (κ1) is 18.4. The van der Waals surface area contributed by atoms with Gasteiger partial charge in [0.15, 0.2) is 0 Å². The van der Waals surface area contributed by atoms with Gasteiger partial charge in [-0.15, -0.1) is 0 Å². The molecule has 0 fully saturated rings. The second-order valence-corrected chi connectivity index (χ2v) is 6.56. The van der Waals surface area contributed by atoms with Gasteiger partial charge in [0.1, 0.15) is 11.5 Å². The highest BCUT2D eigenvalue weighted by atomic mass is 16.6. The van der Waals surface area contributed by atoms with E-state index in [4.69, 9.17) is 4.74 Å². The number of benzene rings is 3. The summed E-state index contributed by atoms with van der Waals surface area (Å²) < 4.78 is 5.68. The van der Waals surface area contributed by atoms with Crippen LogP contribution in [0.15, 0.2) is 72.8 Å². The average molecular weight is 388 g/mol. The van der Waals surface area contributed by atoms with Gasteiger partial charge in [-0.05, 0) is 42.3 Å². The van der Waals surface area contributed by atoms with Crippen molar-refractivity contribution < 1.29 is 19.2 Å². The monoisotopic (exact) mass is 388 g/mol. The van der Waals surface area contributed by atoms with E-state index in [1.54, 1.807) is 12.1 Å². The number of imide groups is 1. The number of ether oxygens (including phenoxy) is 1. The molecule has 1 aliphatic heterocycles. The van der Waals surface area contributed by atoms with Gasteiger partial charge in [-0.2, -0.15) is 0 Å². The zero-order valence-corrected chi connectivity index (χ0v) is 15.3. The molecule has 2 amide bonds. The van der Waals surface area contributed by atoms with Crippen molar-refractivity contribution in [3.8, 4) is 11.5 Å². The molecule has 1 heterocycles. The van der Waals surface area contributed by atoms with Gasteiger partial charge in [-0.3, -0.25) is 24.6 Å². The van der Waals surface area contributed by atoms with Crippen molar-refractivity contribution in [1.29, 1.82) is 0 Å². The van der Waals surface area contributed by atoms with Crippen LogP contribution in [0, 0.1) is 10.1 Å². The third-order valence-electron chi connectivity index (χ3n) is 4.69. The van der Waals surface area contributed by atoms with E-state index in [1.165, 1.54) is 35.2 Å².